The van der Waals surface area contributed by atoms with Crippen molar-refractivity contribution in [2.75, 3.05) is 18.1 Å². The highest BCUT2D eigenvalue weighted by molar-refractivity contribution is 7.99. The van der Waals surface area contributed by atoms with Gasteiger partial charge in [-0.2, -0.15) is 11.8 Å². The summed E-state index contributed by atoms with van der Waals surface area (Å²) in [4.78, 5) is 6.72. The Kier molecular flexibility index (Phi) is 2.67. The lowest BCUT2D eigenvalue weighted by Gasteiger charge is -2.33. The molecule has 0 aromatic heterocycles. The molecule has 0 bridgehead atoms. The molecule has 1 saturated heterocycles. The number of hydrogen-bond donors (Lipinski definition) is 1. The van der Waals surface area contributed by atoms with Crippen LogP contribution in [0.1, 0.15) is 19.8 Å². The van der Waals surface area contributed by atoms with Crippen LogP contribution in [0, 0.1) is 0 Å². The molecular weight excluding hydrogens is 182 g/mol. The van der Waals surface area contributed by atoms with Gasteiger partial charge in [-0.25, -0.2) is 4.99 Å². The number of nitrogens with two attached hydrogens (primary N) is 1. The minimum atomic E-state index is 0.543. The summed E-state index contributed by atoms with van der Waals surface area (Å²) < 4.78 is 0. The summed E-state index contributed by atoms with van der Waals surface area (Å²) in [6.45, 7) is 3.29. The molecular formula is C9H17N3S. The predicted molar refractivity (Wildman–Crippen MR) is 58.1 cm³/mol. The van der Waals surface area contributed by atoms with Gasteiger partial charge in [-0.1, -0.05) is 0 Å². The Morgan fingerprint density at radius 1 is 1.54 bits per heavy atom. The standard InChI is InChI=1S/C9H17N3S/c1-7-6-13-5-4-12(7)9(10)11-8-2-3-8/h7-8H,2-6H2,1H3,(H2,10,11). The predicted octanol–water partition coefficient (Wildman–Crippen LogP) is 0.901. The quantitative estimate of drug-likeness (QED) is 0.504. The lowest BCUT2D eigenvalue weighted by atomic mass is 10.3. The summed E-state index contributed by atoms with van der Waals surface area (Å²) in [5, 5.41) is 0. The third-order valence-corrected chi connectivity index (χ3v) is 3.71. The number of rotatable bonds is 1. The van der Waals surface area contributed by atoms with Crippen molar-refractivity contribution in [1.82, 2.24) is 4.90 Å². The molecule has 2 N–H and O–H groups in total. The van der Waals surface area contributed by atoms with Gasteiger partial charge < -0.3 is 10.6 Å². The average Bonchev–Trinajstić information content (AvgIpc) is 2.89. The summed E-state index contributed by atoms with van der Waals surface area (Å²) in [6, 6.07) is 1.10. The van der Waals surface area contributed by atoms with Crippen LogP contribution in [0.4, 0.5) is 0 Å². The molecule has 74 valence electrons. The smallest absolute Gasteiger partial charge is 0.191 e. The third-order valence-electron chi connectivity index (χ3n) is 2.52. The molecule has 13 heavy (non-hydrogen) atoms. The van der Waals surface area contributed by atoms with E-state index in [0.717, 1.165) is 12.5 Å². The van der Waals surface area contributed by atoms with Gasteiger partial charge in [0.05, 0.1) is 6.04 Å². The first-order valence-electron chi connectivity index (χ1n) is 4.95. The fraction of sp³-hybridized carbons (Fsp3) is 0.889. The highest BCUT2D eigenvalue weighted by Crippen LogP contribution is 2.24. The van der Waals surface area contributed by atoms with Crippen molar-refractivity contribution >= 4 is 17.7 Å². The number of nitrogens with zero attached hydrogens (tertiary/aromatic N) is 2. The third kappa shape index (κ3) is 2.30. The van der Waals surface area contributed by atoms with E-state index in [-0.39, 0.29) is 0 Å². The monoisotopic (exact) mass is 199 g/mol. The Morgan fingerprint density at radius 2 is 2.31 bits per heavy atom. The molecule has 3 nitrogen and oxygen atoms in total. The van der Waals surface area contributed by atoms with Crippen molar-refractivity contribution in [2.45, 2.75) is 31.8 Å². The van der Waals surface area contributed by atoms with E-state index in [9.17, 15) is 0 Å². The van der Waals surface area contributed by atoms with Crippen LogP contribution in [-0.2, 0) is 0 Å². The van der Waals surface area contributed by atoms with E-state index in [4.69, 9.17) is 5.73 Å². The van der Waals surface area contributed by atoms with E-state index in [2.05, 4.69) is 16.8 Å². The molecule has 1 aliphatic carbocycles. The maximum absolute atomic E-state index is 5.95. The maximum atomic E-state index is 5.95. The van der Waals surface area contributed by atoms with Crippen molar-refractivity contribution < 1.29 is 0 Å². The zero-order valence-electron chi connectivity index (χ0n) is 8.07. The Bertz CT molecular complexity index is 213. The fourth-order valence-electron chi connectivity index (χ4n) is 1.53. The van der Waals surface area contributed by atoms with Crippen LogP contribution < -0.4 is 5.73 Å². The van der Waals surface area contributed by atoms with E-state index in [1.54, 1.807) is 0 Å². The number of thioether (sulfide) groups is 1. The summed E-state index contributed by atoms with van der Waals surface area (Å²) >= 11 is 2.01. The molecule has 0 aromatic carbocycles. The van der Waals surface area contributed by atoms with Crippen molar-refractivity contribution in [1.29, 1.82) is 0 Å². The minimum absolute atomic E-state index is 0.543. The summed E-state index contributed by atoms with van der Waals surface area (Å²) in [6.07, 6.45) is 2.47. The molecule has 0 aromatic rings. The van der Waals surface area contributed by atoms with Crippen LogP contribution in [-0.4, -0.2) is 41.0 Å². The Morgan fingerprint density at radius 3 is 2.92 bits per heavy atom. The average molecular weight is 199 g/mol. The molecule has 2 aliphatic rings. The van der Waals surface area contributed by atoms with E-state index in [1.165, 1.54) is 24.3 Å². The van der Waals surface area contributed by atoms with Crippen LogP contribution in [0.3, 0.4) is 0 Å². The van der Waals surface area contributed by atoms with E-state index < -0.39 is 0 Å². The minimum Gasteiger partial charge on any atom is -0.370 e. The van der Waals surface area contributed by atoms with Crippen LogP contribution in [0.25, 0.3) is 0 Å². The van der Waals surface area contributed by atoms with Gasteiger partial charge in [0.25, 0.3) is 0 Å². The molecule has 1 atom stereocenters. The normalized spacial score (nSPS) is 30.7. The van der Waals surface area contributed by atoms with E-state index >= 15 is 0 Å². The zero-order valence-corrected chi connectivity index (χ0v) is 8.89. The number of aliphatic imine (C=N–C) groups is 1. The molecule has 0 spiro atoms. The first-order valence-corrected chi connectivity index (χ1v) is 6.10. The van der Waals surface area contributed by atoms with Gasteiger partial charge in [-0.3, -0.25) is 0 Å². The van der Waals surface area contributed by atoms with E-state index in [0.29, 0.717) is 12.1 Å². The fourth-order valence-corrected chi connectivity index (χ4v) is 2.55. The van der Waals surface area contributed by atoms with Crippen molar-refractivity contribution in [3.63, 3.8) is 0 Å². The second kappa shape index (κ2) is 3.78. The van der Waals surface area contributed by atoms with Crippen LogP contribution in [0.2, 0.25) is 0 Å². The van der Waals surface area contributed by atoms with Gasteiger partial charge in [0.15, 0.2) is 5.96 Å². The second-order valence-electron chi connectivity index (χ2n) is 3.84. The molecule has 1 heterocycles. The van der Waals surface area contributed by atoms with Crippen LogP contribution in [0.5, 0.6) is 0 Å². The van der Waals surface area contributed by atoms with Crippen LogP contribution in [0.15, 0.2) is 4.99 Å². The van der Waals surface area contributed by atoms with Crippen molar-refractivity contribution in [3.8, 4) is 0 Å². The maximum Gasteiger partial charge on any atom is 0.191 e. The molecule has 4 heteroatoms. The summed E-state index contributed by atoms with van der Waals surface area (Å²) in [5.74, 6) is 3.14. The largest absolute Gasteiger partial charge is 0.370 e. The SMILES string of the molecule is CC1CSCCN1C(N)=NC1CC1. The Hall–Kier alpha value is -0.380. The van der Waals surface area contributed by atoms with E-state index in [1.807, 2.05) is 11.8 Å². The topological polar surface area (TPSA) is 41.6 Å². The zero-order chi connectivity index (χ0) is 9.26. The molecule has 2 fully saturated rings. The van der Waals surface area contributed by atoms with Gasteiger partial charge >= 0.3 is 0 Å². The molecule has 1 saturated carbocycles. The van der Waals surface area contributed by atoms with Gasteiger partial charge in [-0.15, -0.1) is 0 Å². The molecule has 0 amide bonds. The molecule has 1 aliphatic heterocycles. The van der Waals surface area contributed by atoms with Crippen LogP contribution >= 0.6 is 11.8 Å². The Labute approximate surface area is 83.8 Å². The summed E-state index contributed by atoms with van der Waals surface area (Å²) in [5.41, 5.74) is 5.95. The van der Waals surface area contributed by atoms with Gasteiger partial charge in [0, 0.05) is 24.1 Å². The highest BCUT2D eigenvalue weighted by Gasteiger charge is 2.24. The first kappa shape index (κ1) is 9.19. The second-order valence-corrected chi connectivity index (χ2v) is 4.99. The highest BCUT2D eigenvalue weighted by atomic mass is 32.2. The Balaban J connectivity index is 1.96. The number of guanidine groups is 1. The molecule has 2 rings (SSSR count). The van der Waals surface area contributed by atoms with Crippen molar-refractivity contribution in [2.24, 2.45) is 10.7 Å². The molecule has 1 unspecified atom stereocenters. The van der Waals surface area contributed by atoms with Crippen molar-refractivity contribution in [3.05, 3.63) is 0 Å². The number of hydrogen-bond acceptors (Lipinski definition) is 2. The van der Waals surface area contributed by atoms with Gasteiger partial charge in [0.1, 0.15) is 0 Å². The lowest BCUT2D eigenvalue weighted by molar-refractivity contribution is 0.360. The van der Waals surface area contributed by atoms with Gasteiger partial charge in [-0.05, 0) is 19.8 Å². The summed E-state index contributed by atoms with van der Waals surface area (Å²) in [7, 11) is 0. The van der Waals surface area contributed by atoms with Gasteiger partial charge in [0.2, 0.25) is 0 Å². The lowest BCUT2D eigenvalue weighted by Crippen LogP contribution is -2.48. The molecule has 0 radical (unpaired) electrons. The first-order chi connectivity index (χ1) is 6.27.